The molecule has 0 spiro atoms. The van der Waals surface area contributed by atoms with Crippen LogP contribution in [-0.2, 0) is 6.54 Å². The molecule has 0 radical (unpaired) electrons. The second-order valence-electron chi connectivity index (χ2n) is 6.66. The van der Waals surface area contributed by atoms with E-state index in [0.29, 0.717) is 0 Å². The number of likely N-dealkylation sites (tertiary alicyclic amines) is 1. The second-order valence-corrected chi connectivity index (χ2v) is 6.66. The Morgan fingerprint density at radius 1 is 1.10 bits per heavy atom. The summed E-state index contributed by atoms with van der Waals surface area (Å²) in [5.41, 5.74) is 4.31. The summed E-state index contributed by atoms with van der Waals surface area (Å²) in [4.78, 5) is 2.73. The fourth-order valence-corrected chi connectivity index (χ4v) is 3.85. The molecule has 1 aromatic rings. The van der Waals surface area contributed by atoms with Crippen LogP contribution in [-0.4, -0.2) is 30.1 Å². The molecule has 0 aromatic heterocycles. The smallest absolute Gasteiger partial charge is 0.0252 e. The second kappa shape index (κ2) is 6.28. The van der Waals surface area contributed by atoms with Gasteiger partial charge in [-0.15, -0.1) is 0 Å². The summed E-state index contributed by atoms with van der Waals surface area (Å²) in [5, 5.41) is 3.72. The Labute approximate surface area is 123 Å². The highest BCUT2D eigenvalue weighted by atomic mass is 15.2. The molecule has 110 valence electrons. The number of nitrogens with one attached hydrogen (secondary N) is 1. The van der Waals surface area contributed by atoms with Gasteiger partial charge in [-0.25, -0.2) is 0 Å². The quantitative estimate of drug-likeness (QED) is 0.907. The van der Waals surface area contributed by atoms with Gasteiger partial charge < -0.3 is 5.32 Å². The highest BCUT2D eigenvalue weighted by molar-refractivity contribution is 5.30. The van der Waals surface area contributed by atoms with Gasteiger partial charge in [-0.05, 0) is 69.3 Å². The average molecular weight is 272 g/mol. The number of rotatable bonds is 3. The van der Waals surface area contributed by atoms with E-state index >= 15 is 0 Å². The summed E-state index contributed by atoms with van der Waals surface area (Å²) in [6, 6.07) is 8.46. The maximum atomic E-state index is 3.72. The molecule has 2 fully saturated rings. The molecule has 2 heteroatoms. The first-order valence-corrected chi connectivity index (χ1v) is 8.27. The molecule has 1 N–H and O–H groups in total. The highest BCUT2D eigenvalue weighted by Crippen LogP contribution is 2.26. The summed E-state index contributed by atoms with van der Waals surface area (Å²) in [5.74, 6) is 0. The van der Waals surface area contributed by atoms with Gasteiger partial charge in [0.15, 0.2) is 0 Å². The molecule has 0 bridgehead atoms. The van der Waals surface area contributed by atoms with Gasteiger partial charge >= 0.3 is 0 Å². The van der Waals surface area contributed by atoms with Crippen LogP contribution in [0.4, 0.5) is 0 Å². The lowest BCUT2D eigenvalue weighted by molar-refractivity contribution is 0.112. The van der Waals surface area contributed by atoms with Crippen molar-refractivity contribution in [3.63, 3.8) is 0 Å². The van der Waals surface area contributed by atoms with Crippen LogP contribution in [0, 0.1) is 13.8 Å². The number of benzene rings is 1. The first-order chi connectivity index (χ1) is 9.74. The lowest BCUT2D eigenvalue weighted by Crippen LogP contribution is -2.49. The zero-order valence-corrected chi connectivity index (χ0v) is 13.0. The van der Waals surface area contributed by atoms with Gasteiger partial charge in [0.25, 0.3) is 0 Å². The van der Waals surface area contributed by atoms with E-state index < -0.39 is 0 Å². The van der Waals surface area contributed by atoms with Crippen molar-refractivity contribution in [2.24, 2.45) is 0 Å². The minimum Gasteiger partial charge on any atom is -0.312 e. The molecular formula is C18H28N2. The summed E-state index contributed by atoms with van der Waals surface area (Å²) in [7, 11) is 0. The zero-order valence-electron chi connectivity index (χ0n) is 13.0. The SMILES string of the molecule is Cc1ccc(CN2CCCCC2C2CCCN2)cc1C. The van der Waals surface area contributed by atoms with Crippen LogP contribution in [0.1, 0.15) is 48.8 Å². The summed E-state index contributed by atoms with van der Waals surface area (Å²) < 4.78 is 0. The van der Waals surface area contributed by atoms with Crippen molar-refractivity contribution >= 4 is 0 Å². The van der Waals surface area contributed by atoms with Crippen molar-refractivity contribution in [3.05, 3.63) is 34.9 Å². The molecule has 0 amide bonds. The Hall–Kier alpha value is -0.860. The van der Waals surface area contributed by atoms with Crippen molar-refractivity contribution < 1.29 is 0 Å². The summed E-state index contributed by atoms with van der Waals surface area (Å²) in [6.45, 7) is 8.05. The van der Waals surface area contributed by atoms with Gasteiger partial charge in [0.05, 0.1) is 0 Å². The number of piperidine rings is 1. The molecule has 1 aromatic carbocycles. The number of hydrogen-bond acceptors (Lipinski definition) is 2. The number of aryl methyl sites for hydroxylation is 2. The molecule has 2 nitrogen and oxygen atoms in total. The first kappa shape index (κ1) is 14.1. The van der Waals surface area contributed by atoms with Crippen LogP contribution in [0.3, 0.4) is 0 Å². The Morgan fingerprint density at radius 2 is 2.00 bits per heavy atom. The number of nitrogens with zero attached hydrogens (tertiary/aromatic N) is 1. The van der Waals surface area contributed by atoms with Crippen molar-refractivity contribution in [1.82, 2.24) is 10.2 Å². The maximum absolute atomic E-state index is 3.72. The van der Waals surface area contributed by atoms with Crippen LogP contribution in [0.2, 0.25) is 0 Å². The fourth-order valence-electron chi connectivity index (χ4n) is 3.85. The fraction of sp³-hybridized carbons (Fsp3) is 0.667. The van der Waals surface area contributed by atoms with Gasteiger partial charge in [-0.1, -0.05) is 24.6 Å². The van der Waals surface area contributed by atoms with Crippen LogP contribution in [0.5, 0.6) is 0 Å². The van der Waals surface area contributed by atoms with E-state index in [9.17, 15) is 0 Å². The lowest BCUT2D eigenvalue weighted by atomic mass is 9.93. The lowest BCUT2D eigenvalue weighted by Gasteiger charge is -2.39. The third-order valence-electron chi connectivity index (χ3n) is 5.18. The molecule has 2 unspecified atom stereocenters. The highest BCUT2D eigenvalue weighted by Gasteiger charge is 2.31. The minimum absolute atomic E-state index is 0.738. The van der Waals surface area contributed by atoms with Crippen molar-refractivity contribution in [3.8, 4) is 0 Å². The van der Waals surface area contributed by atoms with Crippen molar-refractivity contribution in [2.75, 3.05) is 13.1 Å². The van der Waals surface area contributed by atoms with Gasteiger partial charge in [-0.2, -0.15) is 0 Å². The average Bonchev–Trinajstić information content (AvgIpc) is 2.97. The van der Waals surface area contributed by atoms with E-state index in [1.165, 1.54) is 61.9 Å². The Bertz CT molecular complexity index is 449. The molecule has 2 aliphatic rings. The predicted octanol–water partition coefficient (Wildman–Crippen LogP) is 3.41. The normalized spacial score (nSPS) is 27.9. The predicted molar refractivity (Wildman–Crippen MR) is 85.0 cm³/mol. The summed E-state index contributed by atoms with van der Waals surface area (Å²) in [6.07, 6.45) is 6.88. The molecule has 3 rings (SSSR count). The standard InChI is InChI=1S/C18H28N2/c1-14-8-9-16(12-15(14)2)13-20-11-4-3-7-18(20)17-6-5-10-19-17/h8-9,12,17-19H,3-7,10-11,13H2,1-2H3. The summed E-state index contributed by atoms with van der Waals surface area (Å²) >= 11 is 0. The van der Waals surface area contributed by atoms with Gasteiger partial charge in [-0.3, -0.25) is 4.90 Å². The number of hydrogen-bond donors (Lipinski definition) is 1. The largest absolute Gasteiger partial charge is 0.312 e. The van der Waals surface area contributed by atoms with Crippen LogP contribution < -0.4 is 5.32 Å². The minimum atomic E-state index is 0.738. The molecule has 20 heavy (non-hydrogen) atoms. The third kappa shape index (κ3) is 3.07. The monoisotopic (exact) mass is 272 g/mol. The molecule has 2 atom stereocenters. The van der Waals surface area contributed by atoms with E-state index in [0.717, 1.165) is 18.6 Å². The van der Waals surface area contributed by atoms with Crippen molar-refractivity contribution in [1.29, 1.82) is 0 Å². The van der Waals surface area contributed by atoms with Gasteiger partial charge in [0.2, 0.25) is 0 Å². The van der Waals surface area contributed by atoms with Crippen LogP contribution in [0.15, 0.2) is 18.2 Å². The van der Waals surface area contributed by atoms with E-state index in [1.54, 1.807) is 0 Å². The third-order valence-corrected chi connectivity index (χ3v) is 5.18. The molecule has 2 heterocycles. The van der Waals surface area contributed by atoms with Crippen LogP contribution >= 0.6 is 0 Å². The Balaban J connectivity index is 1.71. The first-order valence-electron chi connectivity index (χ1n) is 8.27. The van der Waals surface area contributed by atoms with E-state index in [2.05, 4.69) is 42.3 Å². The van der Waals surface area contributed by atoms with E-state index in [1.807, 2.05) is 0 Å². The molecule has 0 saturated carbocycles. The Morgan fingerprint density at radius 3 is 2.75 bits per heavy atom. The van der Waals surface area contributed by atoms with E-state index in [-0.39, 0.29) is 0 Å². The Kier molecular flexibility index (Phi) is 4.42. The van der Waals surface area contributed by atoms with E-state index in [4.69, 9.17) is 0 Å². The molecule has 2 aliphatic heterocycles. The molecular weight excluding hydrogens is 244 g/mol. The van der Waals surface area contributed by atoms with Gasteiger partial charge in [0.1, 0.15) is 0 Å². The topological polar surface area (TPSA) is 15.3 Å². The maximum Gasteiger partial charge on any atom is 0.0252 e. The molecule has 2 saturated heterocycles. The van der Waals surface area contributed by atoms with Crippen LogP contribution in [0.25, 0.3) is 0 Å². The zero-order chi connectivity index (χ0) is 13.9. The van der Waals surface area contributed by atoms with Gasteiger partial charge in [0, 0.05) is 18.6 Å². The molecule has 0 aliphatic carbocycles. The van der Waals surface area contributed by atoms with Crippen molar-refractivity contribution in [2.45, 2.75) is 64.6 Å².